The second-order valence-electron chi connectivity index (χ2n) is 4.53. The van der Waals surface area contributed by atoms with E-state index in [-0.39, 0.29) is 10.1 Å². The first-order chi connectivity index (χ1) is 10.9. The molecule has 0 radical (unpaired) electrons. The third-order valence-corrected chi connectivity index (χ3v) is 4.33. The number of nitrogens with two attached hydrogens (primary N) is 1. The lowest BCUT2D eigenvalue weighted by molar-refractivity contribution is -0.138. The molecule has 12 heteroatoms. The summed E-state index contributed by atoms with van der Waals surface area (Å²) in [5, 5.41) is 0. The minimum absolute atomic E-state index is 0.0912. The number of primary amides is 1. The van der Waals surface area contributed by atoms with Gasteiger partial charge in [0.25, 0.3) is 6.43 Å². The quantitative estimate of drug-likeness (QED) is 0.694. The van der Waals surface area contributed by atoms with Crippen molar-refractivity contribution in [3.8, 4) is 5.75 Å². The summed E-state index contributed by atoms with van der Waals surface area (Å²) >= 11 is 0. The maximum Gasteiger partial charge on any atom is 0.402 e. The number of hydrogen-bond donors (Lipinski definition) is 1. The molecule has 1 amide bonds. The first-order valence-electron chi connectivity index (χ1n) is 6.28. The number of hydrogen-bond acceptors (Lipinski definition) is 4. The van der Waals surface area contributed by atoms with Crippen LogP contribution in [0.5, 0.6) is 5.75 Å². The van der Waals surface area contributed by atoms with Crippen LogP contribution in [0.4, 0.5) is 22.0 Å². The monoisotopic (exact) mass is 376 g/mol. The van der Waals surface area contributed by atoms with Crippen LogP contribution in [0.1, 0.15) is 0 Å². The van der Waals surface area contributed by atoms with E-state index in [4.69, 9.17) is 5.73 Å². The molecule has 6 nitrogen and oxygen atoms in total. The van der Waals surface area contributed by atoms with Crippen molar-refractivity contribution in [1.82, 2.24) is 4.31 Å². The Bertz CT molecular complexity index is 661. The lowest BCUT2D eigenvalue weighted by Crippen LogP contribution is -2.43. The van der Waals surface area contributed by atoms with Crippen LogP contribution in [-0.2, 0) is 14.8 Å². The van der Waals surface area contributed by atoms with E-state index < -0.39 is 53.1 Å². The van der Waals surface area contributed by atoms with Gasteiger partial charge in [-0.1, -0.05) is 0 Å². The largest absolute Gasteiger partial charge is 0.488 e. The van der Waals surface area contributed by atoms with Gasteiger partial charge in [0.15, 0.2) is 0 Å². The predicted octanol–water partition coefficient (Wildman–Crippen LogP) is 1.37. The minimum Gasteiger partial charge on any atom is -0.488 e. The van der Waals surface area contributed by atoms with Crippen molar-refractivity contribution in [3.05, 3.63) is 24.3 Å². The summed E-state index contributed by atoms with van der Waals surface area (Å²) < 4.78 is 90.3. The highest BCUT2D eigenvalue weighted by Crippen LogP contribution is 2.24. The molecule has 0 atom stereocenters. The predicted molar refractivity (Wildman–Crippen MR) is 71.9 cm³/mol. The van der Waals surface area contributed by atoms with Crippen molar-refractivity contribution >= 4 is 15.9 Å². The van der Waals surface area contributed by atoms with E-state index in [1.165, 1.54) is 0 Å². The molecule has 24 heavy (non-hydrogen) atoms. The van der Waals surface area contributed by atoms with Crippen LogP contribution in [-0.4, -0.2) is 50.9 Å². The first kappa shape index (κ1) is 20.1. The molecule has 0 fully saturated rings. The summed E-state index contributed by atoms with van der Waals surface area (Å²) in [5.41, 5.74) is 4.78. The minimum atomic E-state index is -4.89. The fourth-order valence-electron chi connectivity index (χ4n) is 1.62. The SMILES string of the molecule is NC(=O)CN(CC(F)(F)F)S(=O)(=O)c1ccc(OCC(F)F)cc1. The second kappa shape index (κ2) is 7.75. The molecule has 1 aromatic carbocycles. The second-order valence-corrected chi connectivity index (χ2v) is 6.47. The van der Waals surface area contributed by atoms with Crippen LogP contribution in [0, 0.1) is 0 Å². The van der Waals surface area contributed by atoms with Crippen LogP contribution < -0.4 is 10.5 Å². The molecule has 1 aromatic rings. The van der Waals surface area contributed by atoms with Gasteiger partial charge in [-0.25, -0.2) is 17.2 Å². The molecule has 0 spiro atoms. The van der Waals surface area contributed by atoms with Gasteiger partial charge in [0.05, 0.1) is 11.4 Å². The van der Waals surface area contributed by atoms with Crippen LogP contribution in [0.3, 0.4) is 0 Å². The molecule has 0 aromatic heterocycles. The van der Waals surface area contributed by atoms with E-state index in [0.717, 1.165) is 24.3 Å². The molecule has 0 unspecified atom stereocenters. The fourth-order valence-corrected chi connectivity index (χ4v) is 3.01. The maximum atomic E-state index is 12.5. The van der Waals surface area contributed by atoms with Crippen molar-refractivity contribution in [2.24, 2.45) is 5.73 Å². The number of carbonyl (C=O) groups excluding carboxylic acids is 1. The number of halogens is 5. The van der Waals surface area contributed by atoms with Gasteiger partial charge in [0.1, 0.15) is 18.9 Å². The highest BCUT2D eigenvalue weighted by molar-refractivity contribution is 7.89. The van der Waals surface area contributed by atoms with Gasteiger partial charge in [-0.05, 0) is 24.3 Å². The lowest BCUT2D eigenvalue weighted by Gasteiger charge is -2.22. The number of benzene rings is 1. The van der Waals surface area contributed by atoms with E-state index in [0.29, 0.717) is 0 Å². The van der Waals surface area contributed by atoms with Gasteiger partial charge in [-0.2, -0.15) is 17.5 Å². The van der Waals surface area contributed by atoms with Crippen molar-refractivity contribution in [3.63, 3.8) is 0 Å². The maximum absolute atomic E-state index is 12.5. The van der Waals surface area contributed by atoms with Crippen LogP contribution in [0.15, 0.2) is 29.2 Å². The Balaban J connectivity index is 3.03. The summed E-state index contributed by atoms with van der Waals surface area (Å²) in [7, 11) is -4.67. The molecule has 0 saturated heterocycles. The third kappa shape index (κ3) is 6.28. The van der Waals surface area contributed by atoms with Gasteiger partial charge >= 0.3 is 6.18 Å². The Kier molecular flexibility index (Phi) is 6.49. The number of ether oxygens (including phenoxy) is 1. The van der Waals surface area contributed by atoms with E-state index in [1.807, 2.05) is 0 Å². The third-order valence-electron chi connectivity index (χ3n) is 2.53. The molecular formula is C12H13F5N2O4S. The summed E-state index contributed by atoms with van der Waals surface area (Å²) in [6, 6.07) is 3.76. The summed E-state index contributed by atoms with van der Waals surface area (Å²) in [6.07, 6.45) is -7.63. The van der Waals surface area contributed by atoms with Gasteiger partial charge in [-0.15, -0.1) is 0 Å². The molecule has 2 N–H and O–H groups in total. The highest BCUT2D eigenvalue weighted by atomic mass is 32.2. The van der Waals surface area contributed by atoms with E-state index >= 15 is 0 Å². The number of amides is 1. The molecular weight excluding hydrogens is 363 g/mol. The van der Waals surface area contributed by atoms with Crippen LogP contribution >= 0.6 is 0 Å². The molecule has 1 rings (SSSR count). The molecule has 136 valence electrons. The number of alkyl halides is 5. The Morgan fingerprint density at radius 2 is 1.75 bits per heavy atom. The normalized spacial score (nSPS) is 12.6. The average Bonchev–Trinajstić information content (AvgIpc) is 2.43. The number of nitrogens with zero attached hydrogens (tertiary/aromatic N) is 1. The topological polar surface area (TPSA) is 89.7 Å². The van der Waals surface area contributed by atoms with E-state index in [2.05, 4.69) is 4.74 Å². The van der Waals surface area contributed by atoms with Crippen molar-refractivity contribution in [1.29, 1.82) is 0 Å². The number of sulfonamides is 1. The molecule has 0 saturated carbocycles. The molecule has 0 aliphatic heterocycles. The van der Waals surface area contributed by atoms with E-state index in [9.17, 15) is 35.2 Å². The van der Waals surface area contributed by atoms with Gasteiger partial charge in [-0.3, -0.25) is 4.79 Å². The summed E-state index contributed by atoms with van der Waals surface area (Å²) in [6.45, 7) is -3.98. The fraction of sp³-hybridized carbons (Fsp3) is 0.417. The molecule has 0 heterocycles. The first-order valence-corrected chi connectivity index (χ1v) is 7.72. The van der Waals surface area contributed by atoms with Crippen molar-refractivity contribution in [2.75, 3.05) is 19.7 Å². The molecule has 0 bridgehead atoms. The zero-order valence-electron chi connectivity index (χ0n) is 12.0. The molecule has 0 aliphatic carbocycles. The van der Waals surface area contributed by atoms with Crippen LogP contribution in [0.25, 0.3) is 0 Å². The van der Waals surface area contributed by atoms with Crippen molar-refractivity contribution in [2.45, 2.75) is 17.5 Å². The molecule has 0 aliphatic rings. The van der Waals surface area contributed by atoms with Crippen molar-refractivity contribution < 1.29 is 39.9 Å². The Morgan fingerprint density at radius 3 is 2.17 bits per heavy atom. The van der Waals surface area contributed by atoms with Gasteiger partial charge in [0, 0.05) is 0 Å². The standard InChI is InChI=1S/C12H13F5N2O4S/c13-10(14)6-23-8-1-3-9(4-2-8)24(21,22)19(5-11(18)20)7-12(15,16)17/h1-4,10H,5-7H2,(H2,18,20). The van der Waals surface area contributed by atoms with E-state index in [1.54, 1.807) is 0 Å². The van der Waals surface area contributed by atoms with Crippen LogP contribution in [0.2, 0.25) is 0 Å². The summed E-state index contributed by atoms with van der Waals surface area (Å²) in [5.74, 6) is -1.36. The summed E-state index contributed by atoms with van der Waals surface area (Å²) in [4.78, 5) is 10.3. The average molecular weight is 376 g/mol. The Labute approximate surface area is 134 Å². The van der Waals surface area contributed by atoms with Gasteiger partial charge in [0.2, 0.25) is 15.9 Å². The Morgan fingerprint density at radius 1 is 1.21 bits per heavy atom. The number of rotatable bonds is 8. The zero-order valence-corrected chi connectivity index (χ0v) is 12.8. The zero-order chi connectivity index (χ0) is 18.5. The number of carbonyl (C=O) groups is 1. The smallest absolute Gasteiger partial charge is 0.402 e. The highest BCUT2D eigenvalue weighted by Gasteiger charge is 2.37. The van der Waals surface area contributed by atoms with Gasteiger partial charge < -0.3 is 10.5 Å². The lowest BCUT2D eigenvalue weighted by atomic mass is 10.3. The Hall–Kier alpha value is -1.95.